The summed E-state index contributed by atoms with van der Waals surface area (Å²) >= 11 is 0. The van der Waals surface area contributed by atoms with Crippen molar-refractivity contribution in [2.24, 2.45) is 7.05 Å². The molecule has 2 rings (SSSR count). The summed E-state index contributed by atoms with van der Waals surface area (Å²) in [6.07, 6.45) is 3.36. The molecule has 0 atom stereocenters. The number of ketones is 1. The van der Waals surface area contributed by atoms with Crippen molar-refractivity contribution in [1.82, 2.24) is 9.78 Å². The van der Waals surface area contributed by atoms with Crippen LogP contribution in [0.25, 0.3) is 0 Å². The minimum atomic E-state index is -0.0472. The number of aryl methyl sites for hydroxylation is 1. The van der Waals surface area contributed by atoms with E-state index >= 15 is 0 Å². The number of rotatable bonds is 2. The van der Waals surface area contributed by atoms with Crippen molar-refractivity contribution < 1.29 is 4.79 Å². The van der Waals surface area contributed by atoms with Gasteiger partial charge in [-0.15, -0.1) is 0 Å². The van der Waals surface area contributed by atoms with Crippen LogP contribution < -0.4 is 0 Å². The first kappa shape index (κ1) is 12.6. The maximum Gasteiger partial charge on any atom is 0.196 e. The van der Waals surface area contributed by atoms with Crippen LogP contribution in [-0.4, -0.2) is 15.6 Å². The summed E-state index contributed by atoms with van der Waals surface area (Å²) < 4.78 is 1.65. The van der Waals surface area contributed by atoms with Gasteiger partial charge in [0, 0.05) is 18.8 Å². The molecule has 0 aliphatic rings. The second kappa shape index (κ2) is 4.41. The van der Waals surface area contributed by atoms with Gasteiger partial charge in [0.15, 0.2) is 5.78 Å². The van der Waals surface area contributed by atoms with Crippen molar-refractivity contribution in [2.75, 3.05) is 0 Å². The second-order valence-corrected chi connectivity index (χ2v) is 5.53. The number of nitrogens with zero attached hydrogens (tertiary/aromatic N) is 2. The second-order valence-electron chi connectivity index (χ2n) is 5.53. The van der Waals surface area contributed by atoms with Crippen molar-refractivity contribution in [3.05, 3.63) is 53.3 Å². The molecule has 18 heavy (non-hydrogen) atoms. The van der Waals surface area contributed by atoms with Crippen molar-refractivity contribution >= 4 is 5.78 Å². The van der Waals surface area contributed by atoms with Crippen molar-refractivity contribution in [3.8, 4) is 0 Å². The van der Waals surface area contributed by atoms with E-state index in [0.29, 0.717) is 5.56 Å². The Bertz CT molecular complexity index is 576. The lowest BCUT2D eigenvalue weighted by Gasteiger charge is -2.22. The molecule has 1 heterocycles. The number of carbonyl (C=O) groups is 1. The largest absolute Gasteiger partial charge is 0.288 e. The average Bonchev–Trinajstić information content (AvgIpc) is 2.74. The first-order chi connectivity index (χ1) is 8.39. The van der Waals surface area contributed by atoms with Gasteiger partial charge in [-0.05, 0) is 11.0 Å². The summed E-state index contributed by atoms with van der Waals surface area (Å²) in [5.41, 5.74) is 2.42. The van der Waals surface area contributed by atoms with E-state index in [1.807, 2.05) is 31.3 Å². The van der Waals surface area contributed by atoms with E-state index in [1.165, 1.54) is 0 Å². The molecule has 0 amide bonds. The monoisotopic (exact) mass is 242 g/mol. The Hall–Kier alpha value is -1.90. The van der Waals surface area contributed by atoms with Crippen LogP contribution in [0.1, 0.15) is 42.3 Å². The molecule has 0 spiro atoms. The van der Waals surface area contributed by atoms with E-state index in [2.05, 4.69) is 25.9 Å². The molecule has 0 unspecified atom stereocenters. The van der Waals surface area contributed by atoms with Crippen LogP contribution in [-0.2, 0) is 12.5 Å². The fourth-order valence-electron chi connectivity index (χ4n) is 2.03. The molecule has 94 valence electrons. The predicted octanol–water partition coefficient (Wildman–Crippen LogP) is 2.95. The Balaban J connectivity index is 2.49. The molecule has 0 aliphatic heterocycles. The predicted molar refractivity (Wildman–Crippen MR) is 71.8 cm³/mol. The van der Waals surface area contributed by atoms with Crippen LogP contribution in [0.15, 0.2) is 36.7 Å². The van der Waals surface area contributed by atoms with Crippen molar-refractivity contribution in [1.29, 1.82) is 0 Å². The smallest absolute Gasteiger partial charge is 0.196 e. The van der Waals surface area contributed by atoms with Crippen LogP contribution in [0.3, 0.4) is 0 Å². The lowest BCUT2D eigenvalue weighted by molar-refractivity contribution is 0.103. The van der Waals surface area contributed by atoms with Crippen molar-refractivity contribution in [2.45, 2.75) is 26.2 Å². The standard InChI is InChI=1S/C15H18N2O/c1-15(2,3)13-8-6-5-7-12(13)14(18)11-9-16-17(4)10-11/h5-10H,1-4H3. The summed E-state index contributed by atoms with van der Waals surface area (Å²) in [4.78, 5) is 12.5. The topological polar surface area (TPSA) is 34.9 Å². The number of hydrogen-bond donors (Lipinski definition) is 0. The highest BCUT2D eigenvalue weighted by molar-refractivity contribution is 6.09. The Morgan fingerprint density at radius 1 is 1.22 bits per heavy atom. The quantitative estimate of drug-likeness (QED) is 0.759. The Morgan fingerprint density at radius 2 is 1.89 bits per heavy atom. The minimum absolute atomic E-state index is 0.0358. The molecule has 3 heteroatoms. The summed E-state index contributed by atoms with van der Waals surface area (Å²) in [6, 6.07) is 7.78. The van der Waals surface area contributed by atoms with Gasteiger partial charge in [0.1, 0.15) is 0 Å². The third-order valence-corrected chi connectivity index (χ3v) is 2.95. The molecule has 0 N–H and O–H groups in total. The maximum atomic E-state index is 12.5. The normalized spacial score (nSPS) is 11.6. The molecule has 0 radical (unpaired) electrons. The molecule has 0 saturated carbocycles. The van der Waals surface area contributed by atoms with Gasteiger partial charge in [-0.3, -0.25) is 9.48 Å². The van der Waals surface area contributed by atoms with Crippen LogP contribution >= 0.6 is 0 Å². The van der Waals surface area contributed by atoms with Crippen LogP contribution in [0.5, 0.6) is 0 Å². The summed E-state index contributed by atoms with van der Waals surface area (Å²) in [7, 11) is 1.81. The Morgan fingerprint density at radius 3 is 2.44 bits per heavy atom. The van der Waals surface area contributed by atoms with Crippen molar-refractivity contribution in [3.63, 3.8) is 0 Å². The highest BCUT2D eigenvalue weighted by atomic mass is 16.1. The minimum Gasteiger partial charge on any atom is -0.288 e. The number of aromatic nitrogens is 2. The van der Waals surface area contributed by atoms with E-state index in [-0.39, 0.29) is 11.2 Å². The van der Waals surface area contributed by atoms with E-state index in [0.717, 1.165) is 11.1 Å². The van der Waals surface area contributed by atoms with E-state index in [9.17, 15) is 4.79 Å². The fourth-order valence-corrected chi connectivity index (χ4v) is 2.03. The molecule has 0 fully saturated rings. The summed E-state index contributed by atoms with van der Waals surface area (Å²) in [6.45, 7) is 6.34. The number of carbonyl (C=O) groups excluding carboxylic acids is 1. The number of hydrogen-bond acceptors (Lipinski definition) is 2. The molecule has 1 aromatic carbocycles. The van der Waals surface area contributed by atoms with Gasteiger partial charge in [-0.25, -0.2) is 0 Å². The van der Waals surface area contributed by atoms with Gasteiger partial charge in [0.05, 0.1) is 11.8 Å². The SMILES string of the molecule is Cn1cc(C(=O)c2ccccc2C(C)(C)C)cn1. The lowest BCUT2D eigenvalue weighted by atomic mass is 9.82. The number of benzene rings is 1. The fraction of sp³-hybridized carbons (Fsp3) is 0.333. The summed E-state index contributed by atoms with van der Waals surface area (Å²) in [5.74, 6) is 0.0358. The van der Waals surface area contributed by atoms with Gasteiger partial charge in [0.25, 0.3) is 0 Å². The zero-order valence-corrected chi connectivity index (χ0v) is 11.3. The average molecular weight is 242 g/mol. The first-order valence-electron chi connectivity index (χ1n) is 6.02. The molecule has 3 nitrogen and oxygen atoms in total. The highest BCUT2D eigenvalue weighted by Gasteiger charge is 2.22. The van der Waals surface area contributed by atoms with Gasteiger partial charge in [0.2, 0.25) is 0 Å². The first-order valence-corrected chi connectivity index (χ1v) is 6.02. The molecule has 0 bridgehead atoms. The summed E-state index contributed by atoms with van der Waals surface area (Å²) in [5, 5.41) is 4.05. The van der Waals surface area contributed by atoms with E-state index in [1.54, 1.807) is 17.1 Å². The zero-order valence-electron chi connectivity index (χ0n) is 11.3. The van der Waals surface area contributed by atoms with E-state index in [4.69, 9.17) is 0 Å². The third kappa shape index (κ3) is 2.35. The molecule has 0 aliphatic carbocycles. The Labute approximate surface area is 107 Å². The van der Waals surface area contributed by atoms with Gasteiger partial charge >= 0.3 is 0 Å². The molecular formula is C15H18N2O. The maximum absolute atomic E-state index is 12.5. The molecule has 0 saturated heterocycles. The molecule has 2 aromatic rings. The van der Waals surface area contributed by atoms with Gasteiger partial charge < -0.3 is 0 Å². The Kier molecular flexibility index (Phi) is 3.07. The van der Waals surface area contributed by atoms with Gasteiger partial charge in [-0.2, -0.15) is 5.10 Å². The van der Waals surface area contributed by atoms with Gasteiger partial charge in [-0.1, -0.05) is 45.0 Å². The van der Waals surface area contributed by atoms with Crippen LogP contribution in [0.4, 0.5) is 0 Å². The zero-order chi connectivity index (χ0) is 13.3. The molecule has 1 aromatic heterocycles. The van der Waals surface area contributed by atoms with Crippen LogP contribution in [0.2, 0.25) is 0 Å². The van der Waals surface area contributed by atoms with E-state index < -0.39 is 0 Å². The lowest BCUT2D eigenvalue weighted by Crippen LogP contribution is -2.17. The van der Waals surface area contributed by atoms with Crippen LogP contribution in [0, 0.1) is 0 Å². The molecular weight excluding hydrogens is 224 g/mol. The highest BCUT2D eigenvalue weighted by Crippen LogP contribution is 2.27. The third-order valence-electron chi connectivity index (χ3n) is 2.95.